The average molecular weight is 318 g/mol. The highest BCUT2D eigenvalue weighted by atomic mass is 32.1. The number of aromatic nitrogens is 2. The fraction of sp³-hybridized carbons (Fsp3) is 0.250. The number of nitrogens with one attached hydrogen (secondary N) is 1. The molecule has 1 aromatic carbocycles. The number of para-hydroxylation sites is 1. The van der Waals surface area contributed by atoms with Crippen molar-refractivity contribution in [2.24, 2.45) is 0 Å². The van der Waals surface area contributed by atoms with Gasteiger partial charge in [-0.25, -0.2) is 9.37 Å². The van der Waals surface area contributed by atoms with E-state index in [1.54, 1.807) is 25.1 Å². The highest BCUT2D eigenvalue weighted by Crippen LogP contribution is 2.27. The smallest absolute Gasteiger partial charge is 0.260 e. The van der Waals surface area contributed by atoms with Gasteiger partial charge < -0.3 is 9.72 Å². The summed E-state index contributed by atoms with van der Waals surface area (Å²) in [5.41, 5.74) is 0.758. The highest BCUT2D eigenvalue weighted by Gasteiger charge is 2.17. The first-order chi connectivity index (χ1) is 10.5. The highest BCUT2D eigenvalue weighted by molar-refractivity contribution is 7.18. The number of rotatable bonds is 3. The molecule has 2 aromatic heterocycles. The minimum Gasteiger partial charge on any atom is -0.480 e. The summed E-state index contributed by atoms with van der Waals surface area (Å²) >= 11 is 1.47. The maximum atomic E-state index is 13.6. The standard InChI is InChI=1S/C16H15FN2O2S/c1-8-10(3)22-16-13(8)15(20)18-14(19-16)9(2)21-12-7-5-4-6-11(12)17/h4-7,9H,1-3H3,(H,18,19,20)/t9-/m1/s1. The molecule has 3 aromatic rings. The summed E-state index contributed by atoms with van der Waals surface area (Å²) in [6.45, 7) is 5.59. The molecule has 0 saturated heterocycles. The van der Waals surface area contributed by atoms with Crippen LogP contribution in [0.1, 0.15) is 29.3 Å². The Kier molecular flexibility index (Phi) is 3.70. The summed E-state index contributed by atoms with van der Waals surface area (Å²) in [6, 6.07) is 6.15. The van der Waals surface area contributed by atoms with Crippen LogP contribution >= 0.6 is 11.3 Å². The van der Waals surface area contributed by atoms with Crippen LogP contribution in [-0.2, 0) is 0 Å². The van der Waals surface area contributed by atoms with Crippen LogP contribution in [0.25, 0.3) is 10.2 Å². The topological polar surface area (TPSA) is 55.0 Å². The summed E-state index contributed by atoms with van der Waals surface area (Å²) in [7, 11) is 0. The quantitative estimate of drug-likeness (QED) is 0.797. The molecule has 114 valence electrons. The van der Waals surface area contributed by atoms with Crippen molar-refractivity contribution in [2.75, 3.05) is 0 Å². The van der Waals surface area contributed by atoms with Crippen molar-refractivity contribution in [1.29, 1.82) is 0 Å². The number of H-pyrrole nitrogens is 1. The summed E-state index contributed by atoms with van der Waals surface area (Å²) in [4.78, 5) is 21.2. The number of fused-ring (bicyclic) bond motifs is 1. The van der Waals surface area contributed by atoms with Gasteiger partial charge in [0.2, 0.25) is 0 Å². The predicted octanol–water partition coefficient (Wildman–Crippen LogP) is 3.88. The molecule has 0 amide bonds. The van der Waals surface area contributed by atoms with Gasteiger partial charge in [0.25, 0.3) is 5.56 Å². The Hall–Kier alpha value is -2.21. The van der Waals surface area contributed by atoms with Gasteiger partial charge in [-0.15, -0.1) is 11.3 Å². The number of halogens is 1. The van der Waals surface area contributed by atoms with Crippen LogP contribution in [0.3, 0.4) is 0 Å². The summed E-state index contributed by atoms with van der Waals surface area (Å²) < 4.78 is 19.2. The zero-order chi connectivity index (χ0) is 15.9. The van der Waals surface area contributed by atoms with Gasteiger partial charge in [0.05, 0.1) is 5.39 Å². The largest absolute Gasteiger partial charge is 0.480 e. The molecule has 0 radical (unpaired) electrons. The van der Waals surface area contributed by atoms with E-state index < -0.39 is 11.9 Å². The lowest BCUT2D eigenvalue weighted by Gasteiger charge is -2.14. The van der Waals surface area contributed by atoms with Crippen LogP contribution in [0.4, 0.5) is 4.39 Å². The van der Waals surface area contributed by atoms with Gasteiger partial charge in [0, 0.05) is 4.88 Å². The van der Waals surface area contributed by atoms with E-state index in [0.717, 1.165) is 10.4 Å². The molecular weight excluding hydrogens is 303 g/mol. The first kappa shape index (κ1) is 14.7. The number of hydrogen-bond donors (Lipinski definition) is 1. The van der Waals surface area contributed by atoms with Gasteiger partial charge in [-0.2, -0.15) is 0 Å². The number of nitrogens with zero attached hydrogens (tertiary/aromatic N) is 1. The minimum absolute atomic E-state index is 0.135. The normalized spacial score (nSPS) is 12.5. The van der Waals surface area contributed by atoms with E-state index in [4.69, 9.17) is 4.74 Å². The Morgan fingerprint density at radius 1 is 1.32 bits per heavy atom. The molecule has 0 unspecified atom stereocenters. The summed E-state index contributed by atoms with van der Waals surface area (Å²) in [5, 5.41) is 0.615. The van der Waals surface area contributed by atoms with Crippen molar-refractivity contribution in [3.8, 4) is 5.75 Å². The van der Waals surface area contributed by atoms with Crippen molar-refractivity contribution < 1.29 is 9.13 Å². The van der Waals surface area contributed by atoms with E-state index in [1.807, 2.05) is 13.8 Å². The molecular formula is C16H15FN2O2S. The number of aryl methyl sites for hydroxylation is 2. The second-order valence-corrected chi connectivity index (χ2v) is 6.31. The molecule has 3 rings (SSSR count). The van der Waals surface area contributed by atoms with Gasteiger partial charge in [-0.3, -0.25) is 4.79 Å². The lowest BCUT2D eigenvalue weighted by Crippen LogP contribution is -2.16. The Morgan fingerprint density at radius 2 is 2.05 bits per heavy atom. The molecule has 6 heteroatoms. The lowest BCUT2D eigenvalue weighted by atomic mass is 10.2. The fourth-order valence-electron chi connectivity index (χ4n) is 2.25. The zero-order valence-electron chi connectivity index (χ0n) is 12.4. The molecule has 0 aliphatic heterocycles. The molecule has 0 bridgehead atoms. The Bertz CT molecular complexity index is 901. The predicted molar refractivity (Wildman–Crippen MR) is 85.2 cm³/mol. The zero-order valence-corrected chi connectivity index (χ0v) is 13.3. The molecule has 0 fully saturated rings. The van der Waals surface area contributed by atoms with E-state index >= 15 is 0 Å². The first-order valence-corrected chi connectivity index (χ1v) is 7.70. The van der Waals surface area contributed by atoms with Crippen molar-refractivity contribution in [3.63, 3.8) is 0 Å². The van der Waals surface area contributed by atoms with Crippen molar-refractivity contribution in [1.82, 2.24) is 9.97 Å². The van der Waals surface area contributed by atoms with Crippen LogP contribution < -0.4 is 10.3 Å². The third-order valence-electron chi connectivity index (χ3n) is 3.58. The van der Waals surface area contributed by atoms with Gasteiger partial charge in [0.15, 0.2) is 23.5 Å². The average Bonchev–Trinajstić information content (AvgIpc) is 2.76. The summed E-state index contributed by atoms with van der Waals surface area (Å²) in [6.07, 6.45) is -0.559. The summed E-state index contributed by atoms with van der Waals surface area (Å²) in [5.74, 6) is 0.0823. The number of thiophene rings is 1. The molecule has 2 heterocycles. The van der Waals surface area contributed by atoms with Gasteiger partial charge in [-0.05, 0) is 38.5 Å². The van der Waals surface area contributed by atoms with Gasteiger partial charge >= 0.3 is 0 Å². The third-order valence-corrected chi connectivity index (χ3v) is 4.68. The Labute approximate surface area is 130 Å². The number of benzene rings is 1. The molecule has 0 spiro atoms. The molecule has 4 nitrogen and oxygen atoms in total. The molecule has 1 N–H and O–H groups in total. The van der Waals surface area contributed by atoms with E-state index in [-0.39, 0.29) is 11.3 Å². The number of hydrogen-bond acceptors (Lipinski definition) is 4. The SMILES string of the molecule is Cc1sc2nc([C@@H](C)Oc3ccccc3F)[nH]c(=O)c2c1C. The maximum Gasteiger partial charge on any atom is 0.260 e. The maximum absolute atomic E-state index is 13.6. The fourth-order valence-corrected chi connectivity index (χ4v) is 3.29. The minimum atomic E-state index is -0.559. The second-order valence-electron chi connectivity index (χ2n) is 5.11. The van der Waals surface area contributed by atoms with E-state index in [2.05, 4.69) is 9.97 Å². The van der Waals surface area contributed by atoms with Gasteiger partial charge in [-0.1, -0.05) is 12.1 Å². The molecule has 0 saturated carbocycles. The van der Waals surface area contributed by atoms with Crippen LogP contribution in [-0.4, -0.2) is 9.97 Å². The van der Waals surface area contributed by atoms with E-state index in [9.17, 15) is 9.18 Å². The van der Waals surface area contributed by atoms with Crippen LogP contribution in [0, 0.1) is 19.7 Å². The monoisotopic (exact) mass is 318 g/mol. The van der Waals surface area contributed by atoms with E-state index in [1.165, 1.54) is 17.4 Å². The van der Waals surface area contributed by atoms with Crippen molar-refractivity contribution >= 4 is 21.6 Å². The Balaban J connectivity index is 2.00. The second kappa shape index (κ2) is 5.53. The third kappa shape index (κ3) is 2.50. The molecule has 1 atom stereocenters. The van der Waals surface area contributed by atoms with Crippen molar-refractivity contribution in [2.45, 2.75) is 26.9 Å². The first-order valence-electron chi connectivity index (χ1n) is 6.88. The van der Waals surface area contributed by atoms with Gasteiger partial charge in [0.1, 0.15) is 4.83 Å². The number of ether oxygens (including phenoxy) is 1. The van der Waals surface area contributed by atoms with Crippen molar-refractivity contribution in [3.05, 3.63) is 56.7 Å². The van der Waals surface area contributed by atoms with Crippen LogP contribution in [0.5, 0.6) is 5.75 Å². The lowest BCUT2D eigenvalue weighted by molar-refractivity contribution is 0.207. The number of aromatic amines is 1. The molecule has 0 aliphatic carbocycles. The Morgan fingerprint density at radius 3 is 2.77 bits per heavy atom. The van der Waals surface area contributed by atoms with E-state index in [0.29, 0.717) is 16.0 Å². The van der Waals surface area contributed by atoms with Crippen LogP contribution in [0.15, 0.2) is 29.1 Å². The molecule has 22 heavy (non-hydrogen) atoms. The van der Waals surface area contributed by atoms with Crippen LogP contribution in [0.2, 0.25) is 0 Å². The molecule has 0 aliphatic rings.